The topological polar surface area (TPSA) is 119 Å². The molecule has 148 valence electrons. The molecule has 1 aliphatic heterocycles. The predicted molar refractivity (Wildman–Crippen MR) is 105 cm³/mol. The van der Waals surface area contributed by atoms with Crippen molar-refractivity contribution in [3.05, 3.63) is 35.3 Å². The zero-order valence-corrected chi connectivity index (χ0v) is 16.3. The van der Waals surface area contributed by atoms with Crippen molar-refractivity contribution in [2.24, 2.45) is 11.7 Å². The molecule has 1 fully saturated rings. The van der Waals surface area contributed by atoms with Crippen molar-refractivity contribution < 1.29 is 19.1 Å². The molecule has 0 radical (unpaired) electrons. The molecular formula is C19H22N4O4S. The number of carbonyl (C=O) groups excluding carboxylic acids is 2. The van der Waals surface area contributed by atoms with E-state index in [0.717, 1.165) is 10.6 Å². The van der Waals surface area contributed by atoms with Crippen molar-refractivity contribution in [2.75, 3.05) is 26.8 Å². The summed E-state index contributed by atoms with van der Waals surface area (Å²) >= 11 is 1.35. The van der Waals surface area contributed by atoms with E-state index in [2.05, 4.69) is 4.98 Å². The Kier molecular flexibility index (Phi) is 6.25. The number of nitrogens with zero attached hydrogens (tertiary/aromatic N) is 2. The second kappa shape index (κ2) is 8.83. The van der Waals surface area contributed by atoms with Crippen molar-refractivity contribution in [3.8, 4) is 16.3 Å². The number of carbonyl (C=O) groups is 2. The summed E-state index contributed by atoms with van der Waals surface area (Å²) in [5, 5.41) is 8.20. The highest BCUT2D eigenvalue weighted by atomic mass is 32.1. The maximum atomic E-state index is 12.3. The lowest BCUT2D eigenvalue weighted by atomic mass is 9.97. The average molecular weight is 402 g/mol. The largest absolute Gasteiger partial charge is 0.484 e. The summed E-state index contributed by atoms with van der Waals surface area (Å²) in [5.41, 5.74) is 6.35. The molecule has 3 rings (SSSR count). The molecule has 2 heterocycles. The number of amides is 1. The van der Waals surface area contributed by atoms with Gasteiger partial charge in [0.25, 0.3) is 5.91 Å². The normalized spacial score (nSPS) is 14.5. The predicted octanol–water partition coefficient (Wildman–Crippen LogP) is 1.88. The first-order chi connectivity index (χ1) is 13.5. The minimum Gasteiger partial charge on any atom is -0.484 e. The number of ether oxygens (including phenoxy) is 2. The zero-order valence-electron chi connectivity index (χ0n) is 15.5. The highest BCUT2D eigenvalue weighted by Gasteiger charge is 2.27. The molecule has 0 atom stereocenters. The quantitative estimate of drug-likeness (QED) is 0.433. The molecule has 1 aromatic heterocycles. The second-order valence-electron chi connectivity index (χ2n) is 6.43. The van der Waals surface area contributed by atoms with E-state index >= 15 is 0 Å². The Hall–Kier alpha value is -2.94. The van der Waals surface area contributed by atoms with Crippen LogP contribution in [0.5, 0.6) is 5.75 Å². The number of hydrogen-bond acceptors (Lipinski definition) is 7. The third-order valence-corrected chi connectivity index (χ3v) is 5.70. The van der Waals surface area contributed by atoms with Crippen molar-refractivity contribution in [1.82, 2.24) is 9.88 Å². The van der Waals surface area contributed by atoms with E-state index in [1.807, 2.05) is 12.1 Å². The van der Waals surface area contributed by atoms with Gasteiger partial charge < -0.3 is 20.1 Å². The first-order valence-electron chi connectivity index (χ1n) is 8.87. The van der Waals surface area contributed by atoms with Gasteiger partial charge in [0.05, 0.1) is 17.9 Å². The van der Waals surface area contributed by atoms with Crippen LogP contribution in [-0.4, -0.2) is 54.4 Å². The van der Waals surface area contributed by atoms with E-state index in [4.69, 9.17) is 20.6 Å². The van der Waals surface area contributed by atoms with Crippen molar-refractivity contribution in [1.29, 1.82) is 5.41 Å². The smallest absolute Gasteiger partial charge is 0.308 e. The molecule has 0 aliphatic carbocycles. The fraction of sp³-hybridized carbons (Fsp3) is 0.368. The van der Waals surface area contributed by atoms with Crippen LogP contribution in [0.2, 0.25) is 0 Å². The molecule has 2 aromatic rings. The standard InChI is InChI=1S/C19H22N4O4S/c1-26-19(25)13-6-8-23(9-7-13)16(24)11-27-14-4-2-12(3-5-14)18-22-10-15(28-18)17(20)21/h2-5,10,13H,6-9,11H2,1H3,(H3,20,21). The number of nitrogens with two attached hydrogens (primary N) is 1. The summed E-state index contributed by atoms with van der Waals surface area (Å²) < 4.78 is 10.4. The zero-order chi connectivity index (χ0) is 20.1. The van der Waals surface area contributed by atoms with Crippen LogP contribution in [0.25, 0.3) is 10.6 Å². The van der Waals surface area contributed by atoms with Crippen LogP contribution in [-0.2, 0) is 14.3 Å². The lowest BCUT2D eigenvalue weighted by Crippen LogP contribution is -2.42. The van der Waals surface area contributed by atoms with Gasteiger partial charge in [-0.15, -0.1) is 11.3 Å². The number of methoxy groups -OCH3 is 1. The summed E-state index contributed by atoms with van der Waals surface area (Å²) in [6, 6.07) is 7.26. The molecule has 28 heavy (non-hydrogen) atoms. The Balaban J connectivity index is 1.50. The van der Waals surface area contributed by atoms with Gasteiger partial charge in [0.2, 0.25) is 0 Å². The number of piperidine rings is 1. The minimum atomic E-state index is -0.209. The summed E-state index contributed by atoms with van der Waals surface area (Å²) in [6.07, 6.45) is 2.81. The van der Waals surface area contributed by atoms with Crippen LogP contribution in [0.4, 0.5) is 0 Å². The van der Waals surface area contributed by atoms with Crippen LogP contribution < -0.4 is 10.5 Å². The molecule has 0 unspecified atom stereocenters. The number of likely N-dealkylation sites (tertiary alicyclic amines) is 1. The maximum absolute atomic E-state index is 12.3. The van der Waals surface area contributed by atoms with Gasteiger partial charge in [0.15, 0.2) is 6.61 Å². The Labute approximate surface area is 166 Å². The third kappa shape index (κ3) is 4.66. The number of aromatic nitrogens is 1. The van der Waals surface area contributed by atoms with Gasteiger partial charge in [0.1, 0.15) is 16.6 Å². The van der Waals surface area contributed by atoms with Crippen molar-refractivity contribution >= 4 is 29.0 Å². The summed E-state index contributed by atoms with van der Waals surface area (Å²) in [7, 11) is 1.38. The number of esters is 1. The molecule has 0 spiro atoms. The van der Waals surface area contributed by atoms with Crippen LogP contribution >= 0.6 is 11.3 Å². The minimum absolute atomic E-state index is 0.00200. The monoisotopic (exact) mass is 402 g/mol. The van der Waals surface area contributed by atoms with E-state index in [-0.39, 0.29) is 30.2 Å². The van der Waals surface area contributed by atoms with Gasteiger partial charge >= 0.3 is 5.97 Å². The summed E-state index contributed by atoms with van der Waals surface area (Å²) in [6.45, 7) is 1.01. The van der Waals surface area contributed by atoms with Gasteiger partial charge in [0, 0.05) is 24.8 Å². The van der Waals surface area contributed by atoms with E-state index < -0.39 is 0 Å². The van der Waals surface area contributed by atoms with E-state index in [1.54, 1.807) is 23.2 Å². The molecule has 8 nitrogen and oxygen atoms in total. The van der Waals surface area contributed by atoms with E-state index in [1.165, 1.54) is 18.4 Å². The lowest BCUT2D eigenvalue weighted by Gasteiger charge is -2.30. The Morgan fingerprint density at radius 3 is 2.54 bits per heavy atom. The van der Waals surface area contributed by atoms with Crippen LogP contribution in [0.3, 0.4) is 0 Å². The fourth-order valence-electron chi connectivity index (χ4n) is 2.99. The molecule has 1 aromatic carbocycles. The molecular weight excluding hydrogens is 380 g/mol. The fourth-order valence-corrected chi connectivity index (χ4v) is 3.78. The van der Waals surface area contributed by atoms with Gasteiger partial charge in [-0.3, -0.25) is 15.0 Å². The molecule has 1 amide bonds. The first-order valence-corrected chi connectivity index (χ1v) is 9.68. The number of nitrogens with one attached hydrogen (secondary N) is 1. The number of hydrogen-bond donors (Lipinski definition) is 2. The SMILES string of the molecule is COC(=O)C1CCN(C(=O)COc2ccc(-c3ncc(C(=N)N)s3)cc2)CC1. The van der Waals surface area contributed by atoms with Crippen LogP contribution in [0.1, 0.15) is 17.7 Å². The number of rotatable bonds is 6. The lowest BCUT2D eigenvalue weighted by molar-refractivity contribution is -0.149. The summed E-state index contributed by atoms with van der Waals surface area (Å²) in [4.78, 5) is 30.5. The van der Waals surface area contributed by atoms with Gasteiger partial charge in [-0.1, -0.05) is 0 Å². The molecule has 1 aliphatic rings. The molecule has 9 heteroatoms. The second-order valence-corrected chi connectivity index (χ2v) is 7.47. The van der Waals surface area contributed by atoms with E-state index in [9.17, 15) is 9.59 Å². The summed E-state index contributed by atoms with van der Waals surface area (Å²) in [5.74, 6) is 0.150. The van der Waals surface area contributed by atoms with Crippen molar-refractivity contribution in [3.63, 3.8) is 0 Å². The van der Waals surface area contributed by atoms with Crippen LogP contribution in [0.15, 0.2) is 30.5 Å². The number of thiazole rings is 1. The Bertz CT molecular complexity index is 857. The Morgan fingerprint density at radius 1 is 1.29 bits per heavy atom. The molecule has 3 N–H and O–H groups in total. The third-order valence-electron chi connectivity index (χ3n) is 4.62. The van der Waals surface area contributed by atoms with Crippen LogP contribution in [0, 0.1) is 11.3 Å². The number of benzene rings is 1. The average Bonchev–Trinajstić information content (AvgIpc) is 3.22. The first kappa shape index (κ1) is 19.8. The van der Waals surface area contributed by atoms with Crippen molar-refractivity contribution in [2.45, 2.75) is 12.8 Å². The van der Waals surface area contributed by atoms with Gasteiger partial charge in [-0.2, -0.15) is 0 Å². The highest BCUT2D eigenvalue weighted by molar-refractivity contribution is 7.16. The van der Waals surface area contributed by atoms with Gasteiger partial charge in [-0.05, 0) is 37.1 Å². The van der Waals surface area contributed by atoms with E-state index in [0.29, 0.717) is 36.6 Å². The highest BCUT2D eigenvalue weighted by Crippen LogP contribution is 2.26. The molecule has 0 saturated carbocycles. The maximum Gasteiger partial charge on any atom is 0.308 e. The molecule has 0 bridgehead atoms. The number of amidine groups is 1. The Morgan fingerprint density at radius 2 is 1.96 bits per heavy atom. The van der Waals surface area contributed by atoms with Gasteiger partial charge in [-0.25, -0.2) is 4.98 Å². The number of nitrogen functional groups attached to an aromatic ring is 1. The molecule has 1 saturated heterocycles.